The summed E-state index contributed by atoms with van der Waals surface area (Å²) in [5, 5.41) is 9.13. The van der Waals surface area contributed by atoms with E-state index in [0.29, 0.717) is 17.1 Å². The van der Waals surface area contributed by atoms with Gasteiger partial charge in [-0.05, 0) is 68.7 Å². The predicted molar refractivity (Wildman–Crippen MR) is 98.0 cm³/mol. The van der Waals surface area contributed by atoms with Crippen LogP contribution in [-0.4, -0.2) is 23.4 Å². The van der Waals surface area contributed by atoms with Gasteiger partial charge in [0.05, 0.1) is 5.57 Å². The Kier molecular flexibility index (Phi) is 4.87. The van der Waals surface area contributed by atoms with Gasteiger partial charge in [0.15, 0.2) is 0 Å². The SMILES string of the molecule is Cc1cc(C)c(C)c(Oc2ccc3c(c2C)OC(C(F)(F)F)C(C(=O)O)=C3)c1. The fourth-order valence-corrected chi connectivity index (χ4v) is 3.14. The van der Waals surface area contributed by atoms with Crippen molar-refractivity contribution in [1.82, 2.24) is 0 Å². The minimum absolute atomic E-state index is 0.0353. The second-order valence-electron chi connectivity index (χ2n) is 6.86. The van der Waals surface area contributed by atoms with Gasteiger partial charge < -0.3 is 14.6 Å². The Labute approximate surface area is 160 Å². The summed E-state index contributed by atoms with van der Waals surface area (Å²) in [7, 11) is 0. The van der Waals surface area contributed by atoms with Crippen molar-refractivity contribution in [1.29, 1.82) is 0 Å². The van der Waals surface area contributed by atoms with Crippen LogP contribution in [0.1, 0.15) is 27.8 Å². The Balaban J connectivity index is 2.06. The molecule has 1 heterocycles. The van der Waals surface area contributed by atoms with Gasteiger partial charge in [-0.2, -0.15) is 13.2 Å². The molecular formula is C21H19F3O4. The number of aryl methyl sites for hydroxylation is 2. The maximum atomic E-state index is 13.3. The molecule has 4 nitrogen and oxygen atoms in total. The lowest BCUT2D eigenvalue weighted by molar-refractivity contribution is -0.187. The lowest BCUT2D eigenvalue weighted by atomic mass is 9.98. The topological polar surface area (TPSA) is 55.8 Å². The van der Waals surface area contributed by atoms with E-state index >= 15 is 0 Å². The minimum Gasteiger partial charge on any atom is -0.478 e. The van der Waals surface area contributed by atoms with Gasteiger partial charge in [-0.3, -0.25) is 0 Å². The standard InChI is InChI=1S/C21H19F3O4/c1-10-7-11(2)12(3)17(8-10)27-16-6-5-14-9-15(20(25)26)19(21(22,23)24)28-18(14)13(16)4/h5-9,19H,1-4H3,(H,25,26). The van der Waals surface area contributed by atoms with Gasteiger partial charge in [0.1, 0.15) is 17.2 Å². The van der Waals surface area contributed by atoms with Crippen LogP contribution in [0, 0.1) is 27.7 Å². The minimum atomic E-state index is -4.85. The molecule has 1 aliphatic rings. The molecule has 1 N–H and O–H groups in total. The quantitative estimate of drug-likeness (QED) is 0.749. The zero-order chi connectivity index (χ0) is 20.8. The van der Waals surface area contributed by atoms with Crippen molar-refractivity contribution < 1.29 is 32.5 Å². The van der Waals surface area contributed by atoms with Gasteiger partial charge in [0.25, 0.3) is 0 Å². The summed E-state index contributed by atoms with van der Waals surface area (Å²) in [5.74, 6) is -0.755. The van der Waals surface area contributed by atoms with Crippen LogP contribution < -0.4 is 9.47 Å². The molecule has 0 saturated heterocycles. The number of carboxylic acids is 1. The summed E-state index contributed by atoms with van der Waals surface area (Å²) in [6.07, 6.45) is -6.39. The number of rotatable bonds is 3. The number of carbonyl (C=O) groups is 1. The third kappa shape index (κ3) is 3.56. The van der Waals surface area contributed by atoms with E-state index in [-0.39, 0.29) is 11.3 Å². The van der Waals surface area contributed by atoms with Crippen LogP contribution >= 0.6 is 0 Å². The maximum Gasteiger partial charge on any atom is 0.430 e. The van der Waals surface area contributed by atoms with Gasteiger partial charge in [0, 0.05) is 11.1 Å². The van der Waals surface area contributed by atoms with Gasteiger partial charge in [0.2, 0.25) is 6.10 Å². The van der Waals surface area contributed by atoms with E-state index < -0.39 is 23.8 Å². The van der Waals surface area contributed by atoms with Crippen molar-refractivity contribution in [3.8, 4) is 17.2 Å². The first-order chi connectivity index (χ1) is 13.0. The van der Waals surface area contributed by atoms with E-state index in [1.165, 1.54) is 6.07 Å². The highest BCUT2D eigenvalue weighted by molar-refractivity contribution is 5.95. The Morgan fingerprint density at radius 2 is 1.75 bits per heavy atom. The fraction of sp³-hybridized carbons (Fsp3) is 0.286. The molecule has 3 rings (SSSR count). The van der Waals surface area contributed by atoms with Gasteiger partial charge in [-0.25, -0.2) is 4.79 Å². The van der Waals surface area contributed by atoms with Crippen LogP contribution in [0.15, 0.2) is 29.8 Å². The first-order valence-electron chi connectivity index (χ1n) is 8.56. The molecule has 148 valence electrons. The summed E-state index contributed by atoms with van der Waals surface area (Å²) < 4.78 is 51.0. The molecule has 0 aromatic heterocycles. The van der Waals surface area contributed by atoms with Crippen LogP contribution in [0.4, 0.5) is 13.2 Å². The molecule has 0 bridgehead atoms. The lowest BCUT2D eigenvalue weighted by Gasteiger charge is -2.28. The second-order valence-corrected chi connectivity index (χ2v) is 6.86. The smallest absolute Gasteiger partial charge is 0.430 e. The van der Waals surface area contributed by atoms with Crippen molar-refractivity contribution in [3.05, 3.63) is 57.7 Å². The third-order valence-corrected chi connectivity index (χ3v) is 4.74. The van der Waals surface area contributed by atoms with Crippen molar-refractivity contribution in [3.63, 3.8) is 0 Å². The van der Waals surface area contributed by atoms with Crippen molar-refractivity contribution in [2.45, 2.75) is 40.0 Å². The fourth-order valence-electron chi connectivity index (χ4n) is 3.14. The largest absolute Gasteiger partial charge is 0.478 e. The number of carboxylic acid groups (broad SMARTS) is 1. The molecule has 0 saturated carbocycles. The molecule has 28 heavy (non-hydrogen) atoms. The number of hydrogen-bond donors (Lipinski definition) is 1. The first-order valence-corrected chi connectivity index (χ1v) is 8.56. The lowest BCUT2D eigenvalue weighted by Crippen LogP contribution is -2.40. The number of halogens is 3. The van der Waals surface area contributed by atoms with Crippen molar-refractivity contribution in [2.24, 2.45) is 0 Å². The number of ether oxygens (including phenoxy) is 2. The Morgan fingerprint density at radius 3 is 2.36 bits per heavy atom. The van der Waals surface area contributed by atoms with Gasteiger partial charge in [-0.1, -0.05) is 6.07 Å². The molecule has 1 aliphatic heterocycles. The number of aliphatic carboxylic acids is 1. The monoisotopic (exact) mass is 392 g/mol. The second kappa shape index (κ2) is 6.89. The molecule has 0 amide bonds. The Bertz CT molecular complexity index is 990. The molecule has 0 radical (unpaired) electrons. The Hall–Kier alpha value is -2.96. The summed E-state index contributed by atoms with van der Waals surface area (Å²) in [5.41, 5.74) is 2.73. The zero-order valence-electron chi connectivity index (χ0n) is 15.8. The summed E-state index contributed by atoms with van der Waals surface area (Å²) >= 11 is 0. The molecule has 2 aromatic carbocycles. The summed E-state index contributed by atoms with van der Waals surface area (Å²) in [6, 6.07) is 6.95. The van der Waals surface area contributed by atoms with Crippen LogP contribution in [0.5, 0.6) is 17.2 Å². The average Bonchev–Trinajstić information content (AvgIpc) is 2.59. The van der Waals surface area contributed by atoms with Gasteiger partial charge >= 0.3 is 12.1 Å². The summed E-state index contributed by atoms with van der Waals surface area (Å²) in [4.78, 5) is 11.2. The first kappa shape index (κ1) is 19.8. The predicted octanol–water partition coefficient (Wildman–Crippen LogP) is 5.50. The number of benzene rings is 2. The summed E-state index contributed by atoms with van der Waals surface area (Å²) in [6.45, 7) is 7.35. The Morgan fingerprint density at radius 1 is 1.07 bits per heavy atom. The highest BCUT2D eigenvalue weighted by Gasteiger charge is 2.48. The van der Waals surface area contributed by atoms with E-state index in [4.69, 9.17) is 14.6 Å². The zero-order valence-corrected chi connectivity index (χ0v) is 15.8. The van der Waals surface area contributed by atoms with Gasteiger partial charge in [-0.15, -0.1) is 0 Å². The normalized spacial score (nSPS) is 16.1. The number of alkyl halides is 3. The molecule has 7 heteroatoms. The van der Waals surface area contributed by atoms with Crippen molar-refractivity contribution in [2.75, 3.05) is 0 Å². The number of hydrogen-bond acceptors (Lipinski definition) is 3. The molecule has 2 aromatic rings. The van der Waals surface area contributed by atoms with E-state index in [9.17, 15) is 18.0 Å². The van der Waals surface area contributed by atoms with Crippen LogP contribution in [0.3, 0.4) is 0 Å². The third-order valence-electron chi connectivity index (χ3n) is 4.74. The van der Waals surface area contributed by atoms with Crippen LogP contribution in [0.25, 0.3) is 6.08 Å². The molecule has 0 aliphatic carbocycles. The molecular weight excluding hydrogens is 373 g/mol. The number of fused-ring (bicyclic) bond motifs is 1. The van der Waals surface area contributed by atoms with Crippen LogP contribution in [0.2, 0.25) is 0 Å². The molecule has 1 atom stereocenters. The van der Waals surface area contributed by atoms with E-state index in [1.807, 2.05) is 32.9 Å². The highest BCUT2D eigenvalue weighted by Crippen LogP contribution is 2.43. The molecule has 0 fully saturated rings. The molecule has 0 spiro atoms. The van der Waals surface area contributed by atoms with E-state index in [0.717, 1.165) is 22.8 Å². The average molecular weight is 392 g/mol. The highest BCUT2D eigenvalue weighted by atomic mass is 19.4. The maximum absolute atomic E-state index is 13.3. The van der Waals surface area contributed by atoms with Crippen LogP contribution in [-0.2, 0) is 4.79 Å². The van der Waals surface area contributed by atoms with E-state index in [2.05, 4.69) is 0 Å². The van der Waals surface area contributed by atoms with Crippen molar-refractivity contribution >= 4 is 12.0 Å². The molecule has 1 unspecified atom stereocenters. The van der Waals surface area contributed by atoms with E-state index in [1.54, 1.807) is 13.0 Å².